The summed E-state index contributed by atoms with van der Waals surface area (Å²) >= 11 is 0. The number of hydrogen-bond acceptors (Lipinski definition) is 4. The normalized spacial score (nSPS) is 11.1. The largest absolute Gasteiger partial charge is 0.329 e. The highest BCUT2D eigenvalue weighted by molar-refractivity contribution is 5.14. The standard InChI is InChI=1S/C13H19N5/c1-17(9-12-5-3-2-4-6-12)10-13-11-18(8-7-14)16-15-13/h2-6,11H,7-10,14H2,1H3. The molecule has 0 atom stereocenters. The molecule has 1 aromatic carbocycles. The third-order valence-corrected chi connectivity index (χ3v) is 2.67. The first kappa shape index (κ1) is 12.7. The van der Waals surface area contributed by atoms with Crippen molar-refractivity contribution in [1.29, 1.82) is 0 Å². The number of aromatic nitrogens is 3. The minimum atomic E-state index is 0.586. The van der Waals surface area contributed by atoms with E-state index in [-0.39, 0.29) is 0 Å². The summed E-state index contributed by atoms with van der Waals surface area (Å²) in [7, 11) is 2.08. The molecule has 96 valence electrons. The smallest absolute Gasteiger partial charge is 0.0967 e. The molecular formula is C13H19N5. The Bertz CT molecular complexity index is 465. The van der Waals surface area contributed by atoms with Crippen molar-refractivity contribution < 1.29 is 0 Å². The first-order valence-corrected chi connectivity index (χ1v) is 6.09. The van der Waals surface area contributed by atoms with Gasteiger partial charge in [-0.15, -0.1) is 5.10 Å². The topological polar surface area (TPSA) is 60.0 Å². The molecule has 5 heteroatoms. The summed E-state index contributed by atoms with van der Waals surface area (Å²) in [4.78, 5) is 2.21. The Morgan fingerprint density at radius 2 is 2.00 bits per heavy atom. The van der Waals surface area contributed by atoms with Crippen LogP contribution in [0.25, 0.3) is 0 Å². The number of rotatable bonds is 6. The molecule has 18 heavy (non-hydrogen) atoms. The number of nitrogens with two attached hydrogens (primary N) is 1. The maximum atomic E-state index is 5.47. The third-order valence-electron chi connectivity index (χ3n) is 2.67. The average Bonchev–Trinajstić information content (AvgIpc) is 2.78. The van der Waals surface area contributed by atoms with E-state index in [1.165, 1.54) is 5.56 Å². The molecule has 0 aliphatic rings. The summed E-state index contributed by atoms with van der Waals surface area (Å²) in [5, 5.41) is 8.16. The lowest BCUT2D eigenvalue weighted by atomic mass is 10.2. The maximum Gasteiger partial charge on any atom is 0.0967 e. The van der Waals surface area contributed by atoms with Gasteiger partial charge in [0.2, 0.25) is 0 Å². The molecule has 0 saturated heterocycles. The second kappa shape index (κ2) is 6.28. The molecule has 1 heterocycles. The van der Waals surface area contributed by atoms with Gasteiger partial charge >= 0.3 is 0 Å². The van der Waals surface area contributed by atoms with Crippen LogP contribution in [-0.2, 0) is 19.6 Å². The van der Waals surface area contributed by atoms with Crippen molar-refractivity contribution in [2.24, 2.45) is 5.73 Å². The predicted octanol–water partition coefficient (Wildman–Crippen LogP) is 0.869. The van der Waals surface area contributed by atoms with Crippen molar-refractivity contribution >= 4 is 0 Å². The van der Waals surface area contributed by atoms with E-state index in [0.29, 0.717) is 6.54 Å². The van der Waals surface area contributed by atoms with Crippen molar-refractivity contribution in [3.8, 4) is 0 Å². The van der Waals surface area contributed by atoms with E-state index in [2.05, 4.69) is 46.5 Å². The SMILES string of the molecule is CN(Cc1ccccc1)Cc1cn(CCN)nn1. The lowest BCUT2D eigenvalue weighted by molar-refractivity contribution is 0.315. The van der Waals surface area contributed by atoms with Gasteiger partial charge in [-0.25, -0.2) is 0 Å². The number of nitrogens with zero attached hydrogens (tertiary/aromatic N) is 4. The molecule has 1 aromatic heterocycles. The van der Waals surface area contributed by atoms with E-state index in [1.54, 1.807) is 4.68 Å². The number of hydrogen-bond donors (Lipinski definition) is 1. The van der Waals surface area contributed by atoms with Crippen LogP contribution in [-0.4, -0.2) is 33.5 Å². The van der Waals surface area contributed by atoms with E-state index in [0.717, 1.165) is 25.3 Å². The molecule has 0 saturated carbocycles. The van der Waals surface area contributed by atoms with Gasteiger partial charge in [0.05, 0.1) is 12.2 Å². The van der Waals surface area contributed by atoms with Crippen molar-refractivity contribution in [2.45, 2.75) is 19.6 Å². The van der Waals surface area contributed by atoms with Crippen LogP contribution >= 0.6 is 0 Å². The third kappa shape index (κ3) is 3.65. The highest BCUT2D eigenvalue weighted by atomic mass is 15.4. The summed E-state index contributed by atoms with van der Waals surface area (Å²) in [5.74, 6) is 0. The zero-order valence-corrected chi connectivity index (χ0v) is 10.7. The second-order valence-electron chi connectivity index (χ2n) is 4.42. The second-order valence-corrected chi connectivity index (χ2v) is 4.42. The van der Waals surface area contributed by atoms with Crippen LogP contribution in [0.2, 0.25) is 0 Å². The predicted molar refractivity (Wildman–Crippen MR) is 70.7 cm³/mol. The lowest BCUT2D eigenvalue weighted by Gasteiger charge is -2.14. The van der Waals surface area contributed by atoms with Crippen LogP contribution in [0, 0.1) is 0 Å². The van der Waals surface area contributed by atoms with Gasteiger partial charge in [-0.3, -0.25) is 9.58 Å². The van der Waals surface area contributed by atoms with Crippen LogP contribution in [0.5, 0.6) is 0 Å². The molecule has 0 spiro atoms. The zero-order valence-electron chi connectivity index (χ0n) is 10.7. The highest BCUT2D eigenvalue weighted by Gasteiger charge is 2.05. The van der Waals surface area contributed by atoms with Crippen LogP contribution < -0.4 is 5.73 Å². The van der Waals surface area contributed by atoms with Crippen LogP contribution in [0.3, 0.4) is 0 Å². The van der Waals surface area contributed by atoms with Gasteiger partial charge in [0, 0.05) is 25.8 Å². The summed E-state index contributed by atoms with van der Waals surface area (Å²) in [6.07, 6.45) is 1.95. The van der Waals surface area contributed by atoms with E-state index in [9.17, 15) is 0 Å². The van der Waals surface area contributed by atoms with Crippen LogP contribution in [0.4, 0.5) is 0 Å². The molecule has 2 aromatic rings. The number of benzene rings is 1. The Hall–Kier alpha value is -1.72. The Morgan fingerprint density at radius 3 is 2.72 bits per heavy atom. The monoisotopic (exact) mass is 245 g/mol. The fraction of sp³-hybridized carbons (Fsp3) is 0.385. The van der Waals surface area contributed by atoms with E-state index < -0.39 is 0 Å². The minimum absolute atomic E-state index is 0.586. The molecule has 5 nitrogen and oxygen atoms in total. The Morgan fingerprint density at radius 1 is 1.22 bits per heavy atom. The van der Waals surface area contributed by atoms with E-state index >= 15 is 0 Å². The molecular weight excluding hydrogens is 226 g/mol. The Balaban J connectivity index is 1.88. The fourth-order valence-corrected chi connectivity index (χ4v) is 1.88. The van der Waals surface area contributed by atoms with Gasteiger partial charge in [0.15, 0.2) is 0 Å². The maximum absolute atomic E-state index is 5.47. The molecule has 2 rings (SSSR count). The first-order valence-electron chi connectivity index (χ1n) is 6.09. The molecule has 0 bridgehead atoms. The van der Waals surface area contributed by atoms with Crippen LogP contribution in [0.15, 0.2) is 36.5 Å². The summed E-state index contributed by atoms with van der Waals surface area (Å²) in [5.41, 5.74) is 7.75. The Labute approximate surface area is 107 Å². The average molecular weight is 245 g/mol. The summed E-state index contributed by atoms with van der Waals surface area (Å²) in [6.45, 7) is 3.00. The molecule has 0 unspecified atom stereocenters. The van der Waals surface area contributed by atoms with Gasteiger partial charge in [-0.2, -0.15) is 0 Å². The summed E-state index contributed by atoms with van der Waals surface area (Å²) < 4.78 is 1.78. The molecule has 2 N–H and O–H groups in total. The van der Waals surface area contributed by atoms with E-state index in [1.807, 2.05) is 12.3 Å². The van der Waals surface area contributed by atoms with Gasteiger partial charge < -0.3 is 5.73 Å². The van der Waals surface area contributed by atoms with Gasteiger partial charge in [0.25, 0.3) is 0 Å². The molecule has 0 amide bonds. The van der Waals surface area contributed by atoms with Crippen molar-refractivity contribution in [1.82, 2.24) is 19.9 Å². The molecule has 0 fully saturated rings. The zero-order chi connectivity index (χ0) is 12.8. The minimum Gasteiger partial charge on any atom is -0.329 e. The molecule has 0 radical (unpaired) electrons. The van der Waals surface area contributed by atoms with Gasteiger partial charge in [0.1, 0.15) is 0 Å². The summed E-state index contributed by atoms with van der Waals surface area (Å²) in [6, 6.07) is 10.4. The van der Waals surface area contributed by atoms with Crippen molar-refractivity contribution in [2.75, 3.05) is 13.6 Å². The quantitative estimate of drug-likeness (QED) is 0.820. The fourth-order valence-electron chi connectivity index (χ4n) is 1.88. The van der Waals surface area contributed by atoms with Gasteiger partial charge in [-0.05, 0) is 12.6 Å². The molecule has 0 aliphatic carbocycles. The lowest BCUT2D eigenvalue weighted by Crippen LogP contribution is -2.17. The highest BCUT2D eigenvalue weighted by Crippen LogP contribution is 2.05. The van der Waals surface area contributed by atoms with Crippen molar-refractivity contribution in [3.05, 3.63) is 47.8 Å². The van der Waals surface area contributed by atoms with Crippen LogP contribution in [0.1, 0.15) is 11.3 Å². The Kier molecular flexibility index (Phi) is 4.44. The molecule has 0 aliphatic heterocycles. The first-order chi connectivity index (χ1) is 8.78. The van der Waals surface area contributed by atoms with E-state index in [4.69, 9.17) is 5.73 Å². The van der Waals surface area contributed by atoms with Crippen molar-refractivity contribution in [3.63, 3.8) is 0 Å². The van der Waals surface area contributed by atoms with Gasteiger partial charge in [-0.1, -0.05) is 35.5 Å².